The van der Waals surface area contributed by atoms with Crippen LogP contribution >= 0.6 is 0 Å². The van der Waals surface area contributed by atoms with Gasteiger partial charge in [0.15, 0.2) is 0 Å². The number of aliphatic carboxylic acids is 1. The van der Waals surface area contributed by atoms with Crippen LogP contribution in [0.1, 0.15) is 17.2 Å². The van der Waals surface area contributed by atoms with Crippen LogP contribution in [0.3, 0.4) is 0 Å². The lowest BCUT2D eigenvalue weighted by atomic mass is 10.0. The van der Waals surface area contributed by atoms with Crippen LogP contribution < -0.4 is 0 Å². The normalized spacial score (nSPS) is 12.2. The molecule has 0 aromatic heterocycles. The Morgan fingerprint density at radius 3 is 2.42 bits per heavy atom. The summed E-state index contributed by atoms with van der Waals surface area (Å²) in [5.41, 5.74) is 0.982. The molecule has 102 valence electrons. The van der Waals surface area contributed by atoms with E-state index in [0.717, 1.165) is 0 Å². The van der Waals surface area contributed by atoms with E-state index in [1.165, 1.54) is 12.1 Å². The zero-order valence-corrected chi connectivity index (χ0v) is 11.0. The van der Waals surface area contributed by atoms with Crippen molar-refractivity contribution in [2.24, 2.45) is 0 Å². The number of nitrogens with zero attached hydrogens (tertiary/aromatic N) is 1. The third-order valence-electron chi connectivity index (χ3n) is 2.82. The van der Waals surface area contributed by atoms with Crippen LogP contribution in [0.2, 0.25) is 0 Å². The second-order valence-corrected chi connectivity index (χ2v) is 4.28. The number of rotatable bonds is 7. The largest absolute Gasteiger partial charge is 0.480 e. The Morgan fingerprint density at radius 2 is 2.00 bits per heavy atom. The summed E-state index contributed by atoms with van der Waals surface area (Å²) in [6.07, 6.45) is 3.27. The van der Waals surface area contributed by atoms with E-state index in [-0.39, 0.29) is 5.82 Å². The molecular formula is C15H18FNO2. The maximum absolute atomic E-state index is 13.3. The smallest absolute Gasteiger partial charge is 0.325 e. The highest BCUT2D eigenvalue weighted by Crippen LogP contribution is 2.23. The van der Waals surface area contributed by atoms with Crippen LogP contribution in [0.25, 0.3) is 0 Å². The van der Waals surface area contributed by atoms with Gasteiger partial charge in [0, 0.05) is 13.1 Å². The fourth-order valence-electron chi connectivity index (χ4n) is 1.96. The van der Waals surface area contributed by atoms with Gasteiger partial charge < -0.3 is 5.11 Å². The number of aryl methyl sites for hydroxylation is 1. The van der Waals surface area contributed by atoms with E-state index in [2.05, 4.69) is 13.2 Å². The Balaban J connectivity index is 3.16. The molecule has 0 amide bonds. The van der Waals surface area contributed by atoms with Gasteiger partial charge in [-0.1, -0.05) is 24.3 Å². The minimum Gasteiger partial charge on any atom is -0.480 e. The molecule has 19 heavy (non-hydrogen) atoms. The second kappa shape index (κ2) is 6.85. The van der Waals surface area contributed by atoms with E-state index in [1.807, 2.05) is 0 Å². The van der Waals surface area contributed by atoms with Gasteiger partial charge in [-0.15, -0.1) is 13.2 Å². The lowest BCUT2D eigenvalue weighted by Crippen LogP contribution is -2.34. The lowest BCUT2D eigenvalue weighted by molar-refractivity contribution is -0.143. The molecule has 0 bridgehead atoms. The van der Waals surface area contributed by atoms with Crippen molar-refractivity contribution in [3.05, 3.63) is 60.5 Å². The number of hydrogen-bond acceptors (Lipinski definition) is 2. The number of halogens is 1. The molecule has 0 radical (unpaired) electrons. The van der Waals surface area contributed by atoms with Crippen molar-refractivity contribution in [1.82, 2.24) is 4.90 Å². The van der Waals surface area contributed by atoms with Crippen molar-refractivity contribution in [1.29, 1.82) is 0 Å². The molecule has 0 aliphatic carbocycles. The molecule has 0 fully saturated rings. The van der Waals surface area contributed by atoms with Crippen molar-refractivity contribution in [3.8, 4) is 0 Å². The van der Waals surface area contributed by atoms with Gasteiger partial charge in [0.05, 0.1) is 0 Å². The van der Waals surface area contributed by atoms with Gasteiger partial charge in [0.1, 0.15) is 11.9 Å². The first-order valence-corrected chi connectivity index (χ1v) is 5.96. The number of carboxylic acid groups (broad SMARTS) is 1. The maximum Gasteiger partial charge on any atom is 0.325 e. The first-order chi connectivity index (χ1) is 9.01. The first-order valence-electron chi connectivity index (χ1n) is 5.96. The highest BCUT2D eigenvalue weighted by atomic mass is 19.1. The molecule has 0 unspecified atom stereocenters. The summed E-state index contributed by atoms with van der Waals surface area (Å²) in [7, 11) is 0. The fraction of sp³-hybridized carbons (Fsp3) is 0.267. The van der Waals surface area contributed by atoms with E-state index in [1.54, 1.807) is 30.0 Å². The molecule has 1 aromatic rings. The number of hydrogen-bond donors (Lipinski definition) is 1. The number of carbonyl (C=O) groups is 1. The summed E-state index contributed by atoms with van der Waals surface area (Å²) < 4.78 is 13.3. The Kier molecular flexibility index (Phi) is 5.45. The molecule has 0 saturated heterocycles. The molecule has 4 heteroatoms. The zero-order chi connectivity index (χ0) is 14.4. The molecule has 0 saturated carbocycles. The summed E-state index contributed by atoms with van der Waals surface area (Å²) in [5, 5.41) is 9.41. The van der Waals surface area contributed by atoms with Crippen LogP contribution in [0.15, 0.2) is 43.5 Å². The van der Waals surface area contributed by atoms with Crippen LogP contribution in [0.5, 0.6) is 0 Å². The summed E-state index contributed by atoms with van der Waals surface area (Å²) >= 11 is 0. The van der Waals surface area contributed by atoms with E-state index in [4.69, 9.17) is 0 Å². The Labute approximate surface area is 112 Å². The SMILES string of the molecule is C=CCN(CC=C)[C@H](C(=O)O)c1ccc(F)c(C)c1. The topological polar surface area (TPSA) is 40.5 Å². The number of benzene rings is 1. The third kappa shape index (κ3) is 3.76. The van der Waals surface area contributed by atoms with Gasteiger partial charge in [-0.05, 0) is 24.1 Å². The highest BCUT2D eigenvalue weighted by molar-refractivity contribution is 5.75. The predicted octanol–water partition coefficient (Wildman–Crippen LogP) is 2.93. The monoisotopic (exact) mass is 263 g/mol. The van der Waals surface area contributed by atoms with Crippen LogP contribution in [0, 0.1) is 12.7 Å². The Morgan fingerprint density at radius 1 is 1.42 bits per heavy atom. The first kappa shape index (κ1) is 15.1. The standard InChI is InChI=1S/C15H18FNO2/c1-4-8-17(9-5-2)14(15(18)19)12-6-7-13(16)11(3)10-12/h4-7,10,14H,1-2,8-9H2,3H3,(H,18,19)/t14-/m0/s1. The van der Waals surface area contributed by atoms with Gasteiger partial charge in [-0.3, -0.25) is 9.69 Å². The molecule has 1 rings (SSSR count). The summed E-state index contributed by atoms with van der Waals surface area (Å²) in [6, 6.07) is 3.52. The molecule has 0 spiro atoms. The van der Waals surface area contributed by atoms with E-state index < -0.39 is 12.0 Å². The third-order valence-corrected chi connectivity index (χ3v) is 2.82. The molecule has 0 aliphatic rings. The number of carboxylic acids is 1. The quantitative estimate of drug-likeness (QED) is 0.769. The van der Waals surface area contributed by atoms with E-state index in [9.17, 15) is 14.3 Å². The predicted molar refractivity (Wildman–Crippen MR) is 73.5 cm³/mol. The van der Waals surface area contributed by atoms with Gasteiger partial charge in [-0.2, -0.15) is 0 Å². The minimum atomic E-state index is -0.977. The van der Waals surface area contributed by atoms with Crippen molar-refractivity contribution in [2.45, 2.75) is 13.0 Å². The second-order valence-electron chi connectivity index (χ2n) is 4.28. The van der Waals surface area contributed by atoms with Crippen LogP contribution in [0.4, 0.5) is 4.39 Å². The summed E-state index contributed by atoms with van der Waals surface area (Å²) in [5.74, 6) is -1.32. The van der Waals surface area contributed by atoms with Crippen molar-refractivity contribution in [2.75, 3.05) is 13.1 Å². The van der Waals surface area contributed by atoms with Crippen molar-refractivity contribution >= 4 is 5.97 Å². The molecule has 0 aliphatic heterocycles. The van der Waals surface area contributed by atoms with Crippen LogP contribution in [-0.4, -0.2) is 29.1 Å². The summed E-state index contributed by atoms with van der Waals surface area (Å²) in [6.45, 7) is 9.69. The average molecular weight is 263 g/mol. The molecule has 0 heterocycles. The molecule has 1 atom stereocenters. The average Bonchev–Trinajstić information content (AvgIpc) is 2.34. The van der Waals surface area contributed by atoms with E-state index in [0.29, 0.717) is 24.2 Å². The van der Waals surface area contributed by atoms with Crippen LogP contribution in [-0.2, 0) is 4.79 Å². The Bertz CT molecular complexity index is 475. The zero-order valence-electron chi connectivity index (χ0n) is 11.0. The summed E-state index contributed by atoms with van der Waals surface area (Å²) in [4.78, 5) is 13.2. The van der Waals surface area contributed by atoms with Crippen molar-refractivity contribution in [3.63, 3.8) is 0 Å². The van der Waals surface area contributed by atoms with Gasteiger partial charge in [-0.25, -0.2) is 4.39 Å². The fourth-order valence-corrected chi connectivity index (χ4v) is 1.96. The Hall–Kier alpha value is -1.94. The highest BCUT2D eigenvalue weighted by Gasteiger charge is 2.26. The van der Waals surface area contributed by atoms with Gasteiger partial charge >= 0.3 is 5.97 Å². The molecule has 1 N–H and O–H groups in total. The lowest BCUT2D eigenvalue weighted by Gasteiger charge is -2.27. The van der Waals surface area contributed by atoms with E-state index >= 15 is 0 Å². The molecule has 3 nitrogen and oxygen atoms in total. The molecular weight excluding hydrogens is 245 g/mol. The molecule has 1 aromatic carbocycles. The van der Waals surface area contributed by atoms with Crippen molar-refractivity contribution < 1.29 is 14.3 Å². The minimum absolute atomic E-state index is 0.341. The van der Waals surface area contributed by atoms with Gasteiger partial charge in [0.25, 0.3) is 0 Å². The maximum atomic E-state index is 13.3. The van der Waals surface area contributed by atoms with Gasteiger partial charge in [0.2, 0.25) is 0 Å².